The standard InChI is InChI=1S/C14H11FN4O2/c1-16-13(20)10-4-3-9(7-17-10)19-12-5-2-8(15)6-11(12)18-14(19)21/h2-7H,1H3,(H,16,20)(H,18,21). The molecule has 0 aliphatic carbocycles. The third-order valence-corrected chi connectivity index (χ3v) is 3.11. The van der Waals surface area contributed by atoms with Crippen LogP contribution in [0.15, 0.2) is 41.3 Å². The Morgan fingerprint density at radius 2 is 2.14 bits per heavy atom. The third kappa shape index (κ3) is 2.18. The van der Waals surface area contributed by atoms with Gasteiger partial charge in [0.15, 0.2) is 0 Å². The number of aromatic nitrogens is 3. The van der Waals surface area contributed by atoms with Crippen LogP contribution in [0.25, 0.3) is 16.7 Å². The van der Waals surface area contributed by atoms with E-state index in [-0.39, 0.29) is 11.6 Å². The lowest BCUT2D eigenvalue weighted by Crippen LogP contribution is -2.20. The molecule has 2 aromatic heterocycles. The van der Waals surface area contributed by atoms with Gasteiger partial charge in [-0.05, 0) is 30.3 Å². The summed E-state index contributed by atoms with van der Waals surface area (Å²) in [6, 6.07) is 7.16. The number of rotatable bonds is 2. The number of imidazole rings is 1. The highest BCUT2D eigenvalue weighted by atomic mass is 19.1. The lowest BCUT2D eigenvalue weighted by atomic mass is 10.3. The number of aromatic amines is 1. The number of nitrogens with zero attached hydrogens (tertiary/aromatic N) is 2. The molecule has 0 unspecified atom stereocenters. The van der Waals surface area contributed by atoms with Crippen molar-refractivity contribution in [1.82, 2.24) is 19.9 Å². The second-order valence-corrected chi connectivity index (χ2v) is 4.41. The van der Waals surface area contributed by atoms with Gasteiger partial charge in [0.1, 0.15) is 11.5 Å². The second-order valence-electron chi connectivity index (χ2n) is 4.41. The van der Waals surface area contributed by atoms with E-state index in [1.165, 1.54) is 42.1 Å². The molecule has 0 saturated carbocycles. The van der Waals surface area contributed by atoms with E-state index in [1.807, 2.05) is 0 Å². The third-order valence-electron chi connectivity index (χ3n) is 3.11. The van der Waals surface area contributed by atoms with Crippen molar-refractivity contribution >= 4 is 16.9 Å². The van der Waals surface area contributed by atoms with Crippen molar-refractivity contribution in [2.45, 2.75) is 0 Å². The minimum atomic E-state index is -0.427. The molecular weight excluding hydrogens is 275 g/mol. The van der Waals surface area contributed by atoms with E-state index in [0.29, 0.717) is 16.7 Å². The number of hydrogen-bond acceptors (Lipinski definition) is 3. The highest BCUT2D eigenvalue weighted by molar-refractivity contribution is 5.92. The quantitative estimate of drug-likeness (QED) is 0.743. The van der Waals surface area contributed by atoms with Crippen LogP contribution < -0.4 is 11.0 Å². The van der Waals surface area contributed by atoms with E-state index in [9.17, 15) is 14.0 Å². The molecule has 2 heterocycles. The first-order valence-electron chi connectivity index (χ1n) is 6.19. The summed E-state index contributed by atoms with van der Waals surface area (Å²) in [6.07, 6.45) is 1.42. The smallest absolute Gasteiger partial charge is 0.331 e. The molecule has 1 aromatic carbocycles. The number of pyridine rings is 1. The first-order chi connectivity index (χ1) is 10.1. The van der Waals surface area contributed by atoms with Gasteiger partial charge in [-0.2, -0.15) is 0 Å². The van der Waals surface area contributed by atoms with E-state index >= 15 is 0 Å². The fourth-order valence-electron chi connectivity index (χ4n) is 2.12. The van der Waals surface area contributed by atoms with Crippen molar-refractivity contribution in [3.05, 3.63) is 58.5 Å². The Labute approximate surface area is 118 Å². The Morgan fingerprint density at radius 3 is 2.81 bits per heavy atom. The number of carbonyl (C=O) groups excluding carboxylic acids is 1. The fourth-order valence-corrected chi connectivity index (χ4v) is 2.12. The van der Waals surface area contributed by atoms with E-state index in [4.69, 9.17) is 0 Å². The Kier molecular flexibility index (Phi) is 3.02. The van der Waals surface area contributed by atoms with Gasteiger partial charge in [-0.15, -0.1) is 0 Å². The molecular formula is C14H11FN4O2. The second kappa shape index (κ2) is 4.86. The van der Waals surface area contributed by atoms with E-state index in [1.54, 1.807) is 6.07 Å². The Bertz CT molecular complexity index is 880. The fraction of sp³-hybridized carbons (Fsp3) is 0.0714. The van der Waals surface area contributed by atoms with Gasteiger partial charge in [-0.25, -0.2) is 14.2 Å². The summed E-state index contributed by atoms with van der Waals surface area (Å²) in [6.45, 7) is 0. The van der Waals surface area contributed by atoms with Crippen LogP contribution in [-0.2, 0) is 0 Å². The molecule has 0 radical (unpaired) electrons. The first kappa shape index (κ1) is 13.0. The number of benzene rings is 1. The van der Waals surface area contributed by atoms with Crippen molar-refractivity contribution in [2.24, 2.45) is 0 Å². The van der Waals surface area contributed by atoms with Gasteiger partial charge in [0, 0.05) is 7.05 Å². The molecule has 0 fully saturated rings. The zero-order valence-electron chi connectivity index (χ0n) is 11.1. The maximum atomic E-state index is 13.2. The average molecular weight is 286 g/mol. The van der Waals surface area contributed by atoms with Gasteiger partial charge >= 0.3 is 5.69 Å². The normalized spacial score (nSPS) is 10.8. The number of H-pyrrole nitrogens is 1. The van der Waals surface area contributed by atoms with Gasteiger partial charge in [0.05, 0.1) is 22.9 Å². The number of hydrogen-bond donors (Lipinski definition) is 2. The van der Waals surface area contributed by atoms with Crippen molar-refractivity contribution in [2.75, 3.05) is 7.05 Å². The number of nitrogens with one attached hydrogen (secondary N) is 2. The van der Waals surface area contributed by atoms with E-state index in [0.717, 1.165) is 0 Å². The molecule has 0 bridgehead atoms. The van der Waals surface area contributed by atoms with Gasteiger partial charge in [0.2, 0.25) is 0 Å². The summed E-state index contributed by atoms with van der Waals surface area (Å²) in [7, 11) is 1.51. The average Bonchev–Trinajstić information content (AvgIpc) is 2.81. The number of amides is 1. The molecule has 3 aromatic rings. The Hall–Kier alpha value is -2.96. The molecule has 1 amide bonds. The van der Waals surface area contributed by atoms with Crippen LogP contribution in [0, 0.1) is 5.82 Å². The summed E-state index contributed by atoms with van der Waals surface area (Å²) < 4.78 is 14.5. The SMILES string of the molecule is CNC(=O)c1ccc(-n2c(=O)[nH]c3cc(F)ccc32)cn1. The summed E-state index contributed by atoms with van der Waals surface area (Å²) in [5.74, 6) is -0.737. The Morgan fingerprint density at radius 1 is 1.33 bits per heavy atom. The largest absolute Gasteiger partial charge is 0.354 e. The Balaban J connectivity index is 2.14. The highest BCUT2D eigenvalue weighted by Gasteiger charge is 2.11. The van der Waals surface area contributed by atoms with Crippen molar-refractivity contribution in [1.29, 1.82) is 0 Å². The molecule has 0 atom stereocenters. The van der Waals surface area contributed by atoms with Gasteiger partial charge in [-0.3, -0.25) is 9.36 Å². The van der Waals surface area contributed by atoms with Crippen molar-refractivity contribution in [3.63, 3.8) is 0 Å². The molecule has 2 N–H and O–H groups in total. The molecule has 7 heteroatoms. The van der Waals surface area contributed by atoms with Crippen LogP contribution in [0.1, 0.15) is 10.5 Å². The van der Waals surface area contributed by atoms with Crippen molar-refractivity contribution in [3.8, 4) is 5.69 Å². The molecule has 3 rings (SSSR count). The first-order valence-corrected chi connectivity index (χ1v) is 6.19. The predicted octanol–water partition coefficient (Wildman–Crippen LogP) is 1.21. The molecule has 0 spiro atoms. The number of halogens is 1. The number of fused-ring (bicyclic) bond motifs is 1. The van der Waals surface area contributed by atoms with E-state index < -0.39 is 11.5 Å². The molecule has 0 aliphatic rings. The van der Waals surface area contributed by atoms with Gasteiger partial charge in [0.25, 0.3) is 5.91 Å². The van der Waals surface area contributed by atoms with Gasteiger partial charge in [-0.1, -0.05) is 0 Å². The van der Waals surface area contributed by atoms with Crippen LogP contribution in [0.5, 0.6) is 0 Å². The maximum absolute atomic E-state index is 13.2. The van der Waals surface area contributed by atoms with Crippen LogP contribution in [0.2, 0.25) is 0 Å². The van der Waals surface area contributed by atoms with Crippen LogP contribution in [0.3, 0.4) is 0 Å². The summed E-state index contributed by atoms with van der Waals surface area (Å²) in [5, 5.41) is 2.46. The zero-order chi connectivity index (χ0) is 15.0. The summed E-state index contributed by atoms with van der Waals surface area (Å²) >= 11 is 0. The lowest BCUT2D eigenvalue weighted by molar-refractivity contribution is 0.0958. The molecule has 6 nitrogen and oxygen atoms in total. The number of carbonyl (C=O) groups is 1. The molecule has 0 saturated heterocycles. The zero-order valence-corrected chi connectivity index (χ0v) is 11.1. The maximum Gasteiger partial charge on any atom is 0.331 e. The van der Waals surface area contributed by atoms with Crippen LogP contribution >= 0.6 is 0 Å². The van der Waals surface area contributed by atoms with Crippen LogP contribution in [0.4, 0.5) is 4.39 Å². The summed E-state index contributed by atoms with van der Waals surface area (Å²) in [4.78, 5) is 30.0. The van der Waals surface area contributed by atoms with Crippen LogP contribution in [-0.4, -0.2) is 27.5 Å². The minimum absolute atomic E-state index is 0.250. The van der Waals surface area contributed by atoms with Crippen molar-refractivity contribution < 1.29 is 9.18 Å². The lowest BCUT2D eigenvalue weighted by Gasteiger charge is -2.04. The monoisotopic (exact) mass is 286 g/mol. The predicted molar refractivity (Wildman–Crippen MR) is 75.0 cm³/mol. The highest BCUT2D eigenvalue weighted by Crippen LogP contribution is 2.16. The molecule has 0 aliphatic heterocycles. The van der Waals surface area contributed by atoms with E-state index in [2.05, 4.69) is 15.3 Å². The molecule has 21 heavy (non-hydrogen) atoms. The minimum Gasteiger partial charge on any atom is -0.354 e. The molecule has 106 valence electrons. The topological polar surface area (TPSA) is 79.8 Å². The summed E-state index contributed by atoms with van der Waals surface area (Å²) in [5.41, 5.74) is 1.28. The van der Waals surface area contributed by atoms with Gasteiger partial charge < -0.3 is 10.3 Å².